The van der Waals surface area contributed by atoms with Gasteiger partial charge in [0.15, 0.2) is 0 Å². The van der Waals surface area contributed by atoms with Gasteiger partial charge in [-0.15, -0.1) is 4.98 Å². The van der Waals surface area contributed by atoms with Gasteiger partial charge in [0.1, 0.15) is 6.26 Å². The zero-order chi connectivity index (χ0) is 20.7. The van der Waals surface area contributed by atoms with Crippen molar-refractivity contribution in [2.24, 2.45) is 5.41 Å². The van der Waals surface area contributed by atoms with E-state index in [-0.39, 0.29) is 0 Å². The minimum atomic E-state index is 0.478. The van der Waals surface area contributed by atoms with Gasteiger partial charge in [0.2, 0.25) is 0 Å². The predicted octanol–water partition coefficient (Wildman–Crippen LogP) is 4.41. The van der Waals surface area contributed by atoms with Crippen LogP contribution in [0.2, 0.25) is 0 Å². The molecule has 31 heavy (non-hydrogen) atoms. The lowest BCUT2D eigenvalue weighted by Crippen LogP contribution is -2.56. The summed E-state index contributed by atoms with van der Waals surface area (Å²) in [4.78, 5) is 9.19. The summed E-state index contributed by atoms with van der Waals surface area (Å²) in [7, 11) is 0. The van der Waals surface area contributed by atoms with E-state index in [9.17, 15) is 0 Å². The van der Waals surface area contributed by atoms with E-state index in [0.29, 0.717) is 17.3 Å². The van der Waals surface area contributed by atoms with Crippen molar-refractivity contribution in [3.63, 3.8) is 0 Å². The second-order valence-corrected chi connectivity index (χ2v) is 10.3. The van der Waals surface area contributed by atoms with Crippen molar-refractivity contribution in [2.75, 3.05) is 44.3 Å². The van der Waals surface area contributed by atoms with Crippen LogP contribution in [0.1, 0.15) is 67.9 Å². The molecule has 0 radical (unpaired) electrons. The second kappa shape index (κ2) is 8.15. The largest absolute Gasteiger partial charge is 0.381 e. The summed E-state index contributed by atoms with van der Waals surface area (Å²) in [6.45, 7) is 6.51. The van der Waals surface area contributed by atoms with E-state index in [2.05, 4.69) is 51.5 Å². The molecule has 4 heterocycles. The Hall–Kier alpha value is -2.03. The van der Waals surface area contributed by atoms with Crippen LogP contribution in [-0.4, -0.2) is 55.3 Å². The second-order valence-electron chi connectivity index (χ2n) is 10.3. The molecule has 1 atom stereocenters. The van der Waals surface area contributed by atoms with E-state index in [0.717, 1.165) is 38.3 Å². The maximum absolute atomic E-state index is 5.61. The Morgan fingerprint density at radius 3 is 2.32 bits per heavy atom. The smallest absolute Gasteiger partial charge is 0.315 e. The molecule has 0 bridgehead atoms. The van der Waals surface area contributed by atoms with Crippen LogP contribution < -0.4 is 4.90 Å². The van der Waals surface area contributed by atoms with Crippen LogP contribution in [0.3, 0.4) is 0 Å². The minimum Gasteiger partial charge on any atom is -0.381 e. The molecule has 1 aromatic heterocycles. The molecule has 4 aliphatic rings. The van der Waals surface area contributed by atoms with E-state index >= 15 is 0 Å². The summed E-state index contributed by atoms with van der Waals surface area (Å²) in [6.07, 6.45) is 14.3. The summed E-state index contributed by atoms with van der Waals surface area (Å²) in [5, 5.41) is 0. The monoisotopic (exact) mass is 419 g/mol. The Morgan fingerprint density at radius 2 is 1.65 bits per heavy atom. The number of aromatic nitrogens is 1. The van der Waals surface area contributed by atoms with Crippen LogP contribution in [0, 0.1) is 17.9 Å². The third-order valence-corrected chi connectivity index (χ3v) is 8.48. The lowest BCUT2D eigenvalue weighted by Gasteiger charge is -2.48. The third kappa shape index (κ3) is 3.75. The number of anilines is 1. The van der Waals surface area contributed by atoms with E-state index in [1.165, 1.54) is 58.0 Å². The zero-order valence-corrected chi connectivity index (χ0v) is 18.4. The Morgan fingerprint density at radius 1 is 0.935 bits per heavy atom. The predicted molar refractivity (Wildman–Crippen MR) is 119 cm³/mol. The highest BCUT2D eigenvalue weighted by atomic mass is 16.5. The molecule has 1 aliphatic carbocycles. The normalized spacial score (nSPS) is 27.4. The molecule has 1 spiro atoms. The molecule has 0 amide bonds. The van der Waals surface area contributed by atoms with Crippen LogP contribution in [0.5, 0.6) is 0 Å². The number of likely N-dealkylation sites (tertiary alicyclic amines) is 1. The summed E-state index contributed by atoms with van der Waals surface area (Å²) < 4.78 is 10.9. The molecule has 1 saturated carbocycles. The van der Waals surface area contributed by atoms with Crippen LogP contribution in [0.25, 0.3) is 0 Å². The first-order chi connectivity index (χ1) is 15.3. The quantitative estimate of drug-likeness (QED) is 0.734. The Kier molecular flexibility index (Phi) is 5.16. The average Bonchev–Trinajstić information content (AvgIpc) is 3.49. The molecular weight excluding hydrogens is 386 g/mol. The van der Waals surface area contributed by atoms with Gasteiger partial charge in [0.05, 0.1) is 6.20 Å². The maximum Gasteiger partial charge on any atom is 0.315 e. The number of hydrogen-bond donors (Lipinski definition) is 0. The van der Waals surface area contributed by atoms with Gasteiger partial charge in [0.25, 0.3) is 0 Å². The van der Waals surface area contributed by atoms with Gasteiger partial charge in [-0.25, -0.2) is 0 Å². The zero-order valence-electron chi connectivity index (χ0n) is 18.4. The average molecular weight is 420 g/mol. The van der Waals surface area contributed by atoms with E-state index < -0.39 is 0 Å². The van der Waals surface area contributed by atoms with Gasteiger partial charge in [0, 0.05) is 37.8 Å². The Balaban J connectivity index is 1.05. The SMILES string of the molecule is c1nc(N2CC3(CC[C@@H](N4CCC(c5ccccc5C5CCOCC5)CC4)C3)C2)oc#1. The van der Waals surface area contributed by atoms with E-state index in [1.54, 1.807) is 11.1 Å². The van der Waals surface area contributed by atoms with E-state index in [1.807, 2.05) is 0 Å². The Labute approximate surface area is 185 Å². The highest BCUT2D eigenvalue weighted by Gasteiger charge is 2.50. The molecule has 164 valence electrons. The number of ether oxygens (including phenoxy) is 1. The first-order valence-corrected chi connectivity index (χ1v) is 12.2. The van der Waals surface area contributed by atoms with Crippen LogP contribution in [0.4, 0.5) is 6.01 Å². The lowest BCUT2D eigenvalue weighted by molar-refractivity contribution is 0.0848. The summed E-state index contributed by atoms with van der Waals surface area (Å²) in [5.74, 6) is 1.42. The van der Waals surface area contributed by atoms with Crippen LogP contribution >= 0.6 is 0 Å². The number of rotatable bonds is 4. The number of piperidine rings is 1. The van der Waals surface area contributed by atoms with Crippen LogP contribution in [-0.2, 0) is 4.74 Å². The fraction of sp³-hybridized carbons (Fsp3) is 0.654. The molecule has 6 rings (SSSR count). The first-order valence-electron chi connectivity index (χ1n) is 12.2. The van der Waals surface area contributed by atoms with Gasteiger partial charge >= 0.3 is 6.01 Å². The fourth-order valence-corrected chi connectivity index (χ4v) is 6.81. The Bertz CT molecular complexity index is 863. The molecule has 1 aromatic carbocycles. The number of benzene rings is 1. The molecule has 4 fully saturated rings. The number of hydrogen-bond acceptors (Lipinski definition) is 5. The topological polar surface area (TPSA) is 41.7 Å². The van der Waals surface area contributed by atoms with Crippen molar-refractivity contribution in [1.82, 2.24) is 9.88 Å². The van der Waals surface area contributed by atoms with Crippen molar-refractivity contribution in [3.05, 3.63) is 47.9 Å². The maximum atomic E-state index is 5.61. The van der Waals surface area contributed by atoms with E-state index in [4.69, 9.17) is 9.15 Å². The molecule has 0 N–H and O–H groups in total. The molecule has 0 unspecified atom stereocenters. The van der Waals surface area contributed by atoms with Crippen molar-refractivity contribution in [1.29, 1.82) is 0 Å². The summed E-state index contributed by atoms with van der Waals surface area (Å²) in [5.41, 5.74) is 3.72. The minimum absolute atomic E-state index is 0.478. The number of nitrogens with zero attached hydrogens (tertiary/aromatic N) is 3. The van der Waals surface area contributed by atoms with Gasteiger partial charge in [-0.05, 0) is 81.0 Å². The van der Waals surface area contributed by atoms with Crippen molar-refractivity contribution >= 4 is 6.01 Å². The molecule has 3 saturated heterocycles. The van der Waals surface area contributed by atoms with Crippen LogP contribution in [0.15, 0.2) is 28.7 Å². The molecule has 5 nitrogen and oxygen atoms in total. The molecule has 5 heteroatoms. The van der Waals surface area contributed by atoms with Gasteiger partial charge in [-0.2, -0.15) is 0 Å². The molecular formula is C26H33N3O2. The highest BCUT2D eigenvalue weighted by molar-refractivity contribution is 5.35. The van der Waals surface area contributed by atoms with Crippen molar-refractivity contribution < 1.29 is 9.15 Å². The van der Waals surface area contributed by atoms with Crippen molar-refractivity contribution in [3.8, 4) is 0 Å². The van der Waals surface area contributed by atoms with Crippen molar-refractivity contribution in [2.45, 2.75) is 62.8 Å². The standard InChI is InChI=1S/C26H33N3O2/c1-2-4-24(21-8-14-30-15-9-21)23(3-1)20-6-12-28(13-7-20)22-5-10-26(17-22)18-29(19-26)25-27-11-16-31-25/h1-4,20-22H,5-10,12-15,17-19H2/t22-/m1/s1. The molecule has 2 aromatic rings. The van der Waals surface area contributed by atoms with Gasteiger partial charge in [-0.1, -0.05) is 24.3 Å². The lowest BCUT2D eigenvalue weighted by atomic mass is 9.78. The highest BCUT2D eigenvalue weighted by Crippen LogP contribution is 2.49. The van der Waals surface area contributed by atoms with Gasteiger partial charge < -0.3 is 19.0 Å². The fourth-order valence-electron chi connectivity index (χ4n) is 6.81. The van der Waals surface area contributed by atoms with Gasteiger partial charge in [-0.3, -0.25) is 0 Å². The third-order valence-electron chi connectivity index (χ3n) is 8.48. The summed E-state index contributed by atoms with van der Waals surface area (Å²) in [6, 6.07) is 10.7. The molecule has 3 aliphatic heterocycles. The summed E-state index contributed by atoms with van der Waals surface area (Å²) >= 11 is 0. The first kappa shape index (κ1) is 19.6.